The molecule has 1 aliphatic carbocycles. The van der Waals surface area contributed by atoms with Crippen molar-refractivity contribution in [2.45, 2.75) is 45.3 Å². The second kappa shape index (κ2) is 7.67. The highest BCUT2D eigenvalue weighted by Gasteiger charge is 2.23. The first-order chi connectivity index (χ1) is 9.81. The van der Waals surface area contributed by atoms with E-state index in [4.69, 9.17) is 9.47 Å². The molecule has 116 valence electrons. The highest BCUT2D eigenvalue weighted by molar-refractivity contribution is 5.81. The van der Waals surface area contributed by atoms with Crippen LogP contribution in [0.15, 0.2) is 36.0 Å². The van der Waals surface area contributed by atoms with Crippen LogP contribution in [0.1, 0.15) is 33.6 Å². The Bertz CT molecular complexity index is 469. The minimum Gasteiger partial charge on any atom is -0.467 e. The number of carbonyl (C=O) groups excluding carboxylic acids is 2. The molecule has 0 fully saturated rings. The zero-order chi connectivity index (χ0) is 15.9. The van der Waals surface area contributed by atoms with E-state index in [0.29, 0.717) is 6.42 Å². The summed E-state index contributed by atoms with van der Waals surface area (Å²) in [6, 6.07) is -0.754. The fourth-order valence-corrected chi connectivity index (χ4v) is 1.75. The van der Waals surface area contributed by atoms with Crippen LogP contribution in [0.4, 0.5) is 4.79 Å². The van der Waals surface area contributed by atoms with Crippen LogP contribution in [0.2, 0.25) is 0 Å². The van der Waals surface area contributed by atoms with Crippen LogP contribution < -0.4 is 5.32 Å². The summed E-state index contributed by atoms with van der Waals surface area (Å²) in [6.07, 6.45) is 10.4. The summed E-state index contributed by atoms with van der Waals surface area (Å²) >= 11 is 0. The van der Waals surface area contributed by atoms with E-state index in [1.54, 1.807) is 20.8 Å². The number of methoxy groups -OCH3 is 1. The fourth-order valence-electron chi connectivity index (χ4n) is 1.75. The van der Waals surface area contributed by atoms with Crippen LogP contribution in [-0.4, -0.2) is 30.8 Å². The molecule has 0 unspecified atom stereocenters. The first-order valence-corrected chi connectivity index (χ1v) is 6.91. The van der Waals surface area contributed by atoms with Gasteiger partial charge in [0.15, 0.2) is 0 Å². The lowest BCUT2D eigenvalue weighted by Crippen LogP contribution is -2.43. The number of ether oxygens (including phenoxy) is 2. The SMILES string of the molecule is COC(=O)[C@H](CC=CC1=CC=CC1)NC(=O)OC(C)(C)C. The van der Waals surface area contributed by atoms with E-state index in [1.807, 2.05) is 24.3 Å². The molecule has 1 amide bonds. The minimum atomic E-state index is -0.754. The fraction of sp³-hybridized carbons (Fsp3) is 0.500. The Balaban J connectivity index is 2.55. The molecular weight excluding hydrogens is 270 g/mol. The molecule has 1 rings (SSSR count). The first-order valence-electron chi connectivity index (χ1n) is 6.91. The van der Waals surface area contributed by atoms with Crippen molar-refractivity contribution in [2.75, 3.05) is 7.11 Å². The van der Waals surface area contributed by atoms with Crippen molar-refractivity contribution in [3.63, 3.8) is 0 Å². The molecule has 1 atom stereocenters. The van der Waals surface area contributed by atoms with E-state index < -0.39 is 23.7 Å². The second-order valence-electron chi connectivity index (χ2n) is 5.73. The zero-order valence-electron chi connectivity index (χ0n) is 13.0. The van der Waals surface area contributed by atoms with Gasteiger partial charge in [0, 0.05) is 0 Å². The quantitative estimate of drug-likeness (QED) is 0.792. The number of rotatable bonds is 5. The third-order valence-corrected chi connectivity index (χ3v) is 2.68. The maximum Gasteiger partial charge on any atom is 0.408 e. The number of nitrogens with one attached hydrogen (secondary N) is 1. The van der Waals surface area contributed by atoms with Gasteiger partial charge in [-0.1, -0.05) is 30.4 Å². The van der Waals surface area contributed by atoms with E-state index in [2.05, 4.69) is 11.4 Å². The predicted octanol–water partition coefficient (Wildman–Crippen LogP) is 2.89. The normalized spacial score (nSPS) is 15.7. The number of hydrogen-bond donors (Lipinski definition) is 1. The maximum absolute atomic E-state index is 11.7. The number of esters is 1. The third-order valence-electron chi connectivity index (χ3n) is 2.68. The van der Waals surface area contributed by atoms with Crippen LogP contribution >= 0.6 is 0 Å². The van der Waals surface area contributed by atoms with Gasteiger partial charge in [-0.3, -0.25) is 0 Å². The number of alkyl carbamates (subject to hydrolysis) is 1. The van der Waals surface area contributed by atoms with Gasteiger partial charge in [-0.15, -0.1) is 0 Å². The van der Waals surface area contributed by atoms with E-state index >= 15 is 0 Å². The molecule has 0 aromatic carbocycles. The van der Waals surface area contributed by atoms with Gasteiger partial charge in [-0.05, 0) is 39.2 Å². The molecule has 0 bridgehead atoms. The van der Waals surface area contributed by atoms with Gasteiger partial charge in [0.2, 0.25) is 0 Å². The molecule has 5 heteroatoms. The molecule has 0 aromatic heterocycles. The lowest BCUT2D eigenvalue weighted by Gasteiger charge is -2.22. The summed E-state index contributed by atoms with van der Waals surface area (Å²) in [4.78, 5) is 23.4. The van der Waals surface area contributed by atoms with Crippen molar-refractivity contribution < 1.29 is 19.1 Å². The molecule has 0 aromatic rings. The molecule has 0 saturated carbocycles. The summed E-state index contributed by atoms with van der Waals surface area (Å²) in [5.41, 5.74) is 0.553. The van der Waals surface area contributed by atoms with Crippen molar-refractivity contribution in [3.8, 4) is 0 Å². The molecule has 5 nitrogen and oxygen atoms in total. The van der Waals surface area contributed by atoms with Crippen LogP contribution in [0.3, 0.4) is 0 Å². The molecule has 1 aliphatic rings. The maximum atomic E-state index is 11.7. The summed E-state index contributed by atoms with van der Waals surface area (Å²) in [6.45, 7) is 5.29. The average Bonchev–Trinajstić information content (AvgIpc) is 2.87. The largest absolute Gasteiger partial charge is 0.467 e. The van der Waals surface area contributed by atoms with Gasteiger partial charge in [-0.2, -0.15) is 0 Å². The molecule has 0 saturated heterocycles. The third kappa shape index (κ3) is 6.79. The summed E-state index contributed by atoms with van der Waals surface area (Å²) < 4.78 is 9.84. The van der Waals surface area contributed by atoms with Gasteiger partial charge in [-0.25, -0.2) is 9.59 Å². The molecule has 21 heavy (non-hydrogen) atoms. The number of amides is 1. The highest BCUT2D eigenvalue weighted by atomic mass is 16.6. The standard InChI is InChI=1S/C16H23NO4/c1-16(2,3)21-15(19)17-13(14(18)20-4)11-7-10-12-8-5-6-9-12/h5-8,10,13H,9,11H2,1-4H3,(H,17,19)/t13-/m0/s1. The van der Waals surface area contributed by atoms with E-state index in [1.165, 1.54) is 7.11 Å². The monoisotopic (exact) mass is 293 g/mol. The summed E-state index contributed by atoms with van der Waals surface area (Å²) in [5.74, 6) is -0.496. The van der Waals surface area contributed by atoms with Crippen molar-refractivity contribution in [3.05, 3.63) is 36.0 Å². The van der Waals surface area contributed by atoms with Crippen LogP contribution in [0, 0.1) is 0 Å². The topological polar surface area (TPSA) is 64.6 Å². The van der Waals surface area contributed by atoms with Gasteiger partial charge in [0.05, 0.1) is 7.11 Å². The molecule has 0 radical (unpaired) electrons. The van der Waals surface area contributed by atoms with E-state index in [-0.39, 0.29) is 0 Å². The van der Waals surface area contributed by atoms with E-state index in [9.17, 15) is 9.59 Å². The van der Waals surface area contributed by atoms with Crippen LogP contribution in [0.25, 0.3) is 0 Å². The Morgan fingerprint density at radius 2 is 2.14 bits per heavy atom. The Morgan fingerprint density at radius 3 is 2.67 bits per heavy atom. The second-order valence-corrected chi connectivity index (χ2v) is 5.73. The van der Waals surface area contributed by atoms with E-state index in [0.717, 1.165) is 12.0 Å². The highest BCUT2D eigenvalue weighted by Crippen LogP contribution is 2.12. The van der Waals surface area contributed by atoms with Crippen molar-refractivity contribution in [1.82, 2.24) is 5.32 Å². The van der Waals surface area contributed by atoms with Gasteiger partial charge >= 0.3 is 12.1 Å². The predicted molar refractivity (Wildman–Crippen MR) is 80.8 cm³/mol. The van der Waals surface area contributed by atoms with Gasteiger partial charge in [0.25, 0.3) is 0 Å². The Hall–Kier alpha value is -2.04. The first kappa shape index (κ1) is 17.0. The number of hydrogen-bond acceptors (Lipinski definition) is 4. The molecular formula is C16H23NO4. The van der Waals surface area contributed by atoms with Crippen LogP contribution in [-0.2, 0) is 14.3 Å². The van der Waals surface area contributed by atoms with Crippen molar-refractivity contribution >= 4 is 12.1 Å². The average molecular weight is 293 g/mol. The number of allylic oxidation sites excluding steroid dienone is 5. The minimum absolute atomic E-state index is 0.350. The van der Waals surface area contributed by atoms with Crippen molar-refractivity contribution in [1.29, 1.82) is 0 Å². The molecule has 1 N–H and O–H groups in total. The lowest BCUT2D eigenvalue weighted by molar-refractivity contribution is -0.143. The zero-order valence-corrected chi connectivity index (χ0v) is 13.0. The van der Waals surface area contributed by atoms with Crippen molar-refractivity contribution in [2.24, 2.45) is 0 Å². The molecule has 0 aliphatic heterocycles. The van der Waals surface area contributed by atoms with Gasteiger partial charge in [0.1, 0.15) is 11.6 Å². The van der Waals surface area contributed by atoms with Crippen LogP contribution in [0.5, 0.6) is 0 Å². The van der Waals surface area contributed by atoms with Gasteiger partial charge < -0.3 is 14.8 Å². The summed E-state index contributed by atoms with van der Waals surface area (Å²) in [7, 11) is 1.29. The Kier molecular flexibility index (Phi) is 6.21. The number of carbonyl (C=O) groups is 2. The Labute approximate surface area is 125 Å². The molecule has 0 spiro atoms. The Morgan fingerprint density at radius 1 is 1.43 bits per heavy atom. The molecule has 0 heterocycles. The smallest absolute Gasteiger partial charge is 0.408 e. The lowest BCUT2D eigenvalue weighted by atomic mass is 10.1. The summed E-state index contributed by atoms with van der Waals surface area (Å²) in [5, 5.41) is 2.53.